The zero-order chi connectivity index (χ0) is 17.5. The van der Waals surface area contributed by atoms with Crippen molar-refractivity contribution >= 4 is 17.7 Å². The van der Waals surface area contributed by atoms with Gasteiger partial charge in [-0.25, -0.2) is 0 Å². The summed E-state index contributed by atoms with van der Waals surface area (Å²) < 4.78 is 0. The van der Waals surface area contributed by atoms with Crippen molar-refractivity contribution in [1.82, 2.24) is 4.90 Å². The summed E-state index contributed by atoms with van der Waals surface area (Å²) in [7, 11) is 1.87. The second kappa shape index (κ2) is 8.54. The number of carbonyl (C=O) groups is 1. The van der Waals surface area contributed by atoms with Crippen molar-refractivity contribution in [2.24, 2.45) is 0 Å². The molecule has 0 heterocycles. The van der Waals surface area contributed by atoms with Gasteiger partial charge in [-0.3, -0.25) is 4.79 Å². The van der Waals surface area contributed by atoms with E-state index in [0.29, 0.717) is 6.54 Å². The van der Waals surface area contributed by atoms with E-state index < -0.39 is 0 Å². The standard InChI is InChI=1S/C22H21NOS/c1-23(17-18-11-5-2-6-12-18)22(24)21(19-13-7-3-8-14-19)25-20-15-9-4-10-16-20/h2-16,21H,17H2,1H3. The van der Waals surface area contributed by atoms with Crippen LogP contribution in [0.25, 0.3) is 0 Å². The fraction of sp³-hybridized carbons (Fsp3) is 0.136. The minimum absolute atomic E-state index is 0.115. The number of hydrogen-bond acceptors (Lipinski definition) is 2. The Morgan fingerprint density at radius 3 is 1.96 bits per heavy atom. The first-order valence-corrected chi connectivity index (χ1v) is 9.17. The first-order chi connectivity index (χ1) is 12.2. The normalized spacial score (nSPS) is 11.7. The molecule has 0 aliphatic heterocycles. The summed E-state index contributed by atoms with van der Waals surface area (Å²) in [6.45, 7) is 0.609. The highest BCUT2D eigenvalue weighted by molar-refractivity contribution is 8.00. The average molecular weight is 347 g/mol. The van der Waals surface area contributed by atoms with E-state index in [1.54, 1.807) is 11.8 Å². The highest BCUT2D eigenvalue weighted by atomic mass is 32.2. The van der Waals surface area contributed by atoms with Crippen LogP contribution >= 0.6 is 11.8 Å². The molecule has 0 aliphatic rings. The number of thioether (sulfide) groups is 1. The van der Waals surface area contributed by atoms with E-state index in [2.05, 4.69) is 0 Å². The van der Waals surface area contributed by atoms with Crippen molar-refractivity contribution in [1.29, 1.82) is 0 Å². The zero-order valence-electron chi connectivity index (χ0n) is 14.2. The first-order valence-electron chi connectivity index (χ1n) is 8.29. The molecule has 0 N–H and O–H groups in total. The van der Waals surface area contributed by atoms with Crippen molar-refractivity contribution in [3.63, 3.8) is 0 Å². The van der Waals surface area contributed by atoms with Gasteiger partial charge in [0.05, 0.1) is 0 Å². The van der Waals surface area contributed by atoms with Gasteiger partial charge >= 0.3 is 0 Å². The highest BCUT2D eigenvalue weighted by Gasteiger charge is 2.25. The number of likely N-dealkylation sites (N-methyl/N-ethyl adjacent to an activating group) is 1. The summed E-state index contributed by atoms with van der Waals surface area (Å²) in [6, 6.07) is 30.2. The van der Waals surface area contributed by atoms with Crippen LogP contribution in [0.3, 0.4) is 0 Å². The second-order valence-electron chi connectivity index (χ2n) is 5.90. The molecule has 0 spiro atoms. The fourth-order valence-corrected chi connectivity index (χ4v) is 3.82. The number of carbonyl (C=O) groups excluding carboxylic acids is 1. The average Bonchev–Trinajstić information content (AvgIpc) is 2.68. The molecule has 3 aromatic carbocycles. The van der Waals surface area contributed by atoms with Crippen LogP contribution in [0.2, 0.25) is 0 Å². The van der Waals surface area contributed by atoms with Crippen molar-refractivity contribution in [3.05, 3.63) is 102 Å². The Morgan fingerprint density at radius 2 is 1.36 bits per heavy atom. The van der Waals surface area contributed by atoms with Gasteiger partial charge < -0.3 is 4.90 Å². The fourth-order valence-electron chi connectivity index (χ4n) is 2.66. The maximum Gasteiger partial charge on any atom is 0.240 e. The third kappa shape index (κ3) is 4.74. The molecule has 1 amide bonds. The van der Waals surface area contributed by atoms with Gasteiger partial charge in [0.15, 0.2) is 0 Å². The summed E-state index contributed by atoms with van der Waals surface area (Å²) >= 11 is 1.60. The van der Waals surface area contributed by atoms with E-state index in [1.807, 2.05) is 103 Å². The third-order valence-corrected chi connectivity index (χ3v) is 5.22. The predicted molar refractivity (Wildman–Crippen MR) is 104 cm³/mol. The van der Waals surface area contributed by atoms with Gasteiger partial charge in [-0.05, 0) is 23.3 Å². The van der Waals surface area contributed by atoms with E-state index in [-0.39, 0.29) is 11.2 Å². The van der Waals surface area contributed by atoms with Gasteiger partial charge in [0, 0.05) is 18.5 Å². The van der Waals surface area contributed by atoms with E-state index in [4.69, 9.17) is 0 Å². The summed E-state index contributed by atoms with van der Waals surface area (Å²) in [5.74, 6) is 0.115. The van der Waals surface area contributed by atoms with Crippen LogP contribution in [-0.2, 0) is 11.3 Å². The molecule has 3 rings (SSSR count). The number of amides is 1. The Labute approximate surface area is 153 Å². The van der Waals surface area contributed by atoms with E-state index >= 15 is 0 Å². The molecule has 2 nitrogen and oxygen atoms in total. The summed E-state index contributed by atoms with van der Waals surface area (Å²) in [5.41, 5.74) is 2.16. The van der Waals surface area contributed by atoms with Crippen LogP contribution in [0.5, 0.6) is 0 Å². The molecule has 126 valence electrons. The minimum atomic E-state index is -0.252. The Bertz CT molecular complexity index is 790. The maximum absolute atomic E-state index is 13.2. The molecule has 0 bridgehead atoms. The first kappa shape index (κ1) is 17.3. The van der Waals surface area contributed by atoms with Crippen molar-refractivity contribution in [2.75, 3.05) is 7.05 Å². The second-order valence-corrected chi connectivity index (χ2v) is 7.08. The Morgan fingerprint density at radius 1 is 0.840 bits per heavy atom. The number of rotatable bonds is 6. The molecule has 0 saturated heterocycles. The molecule has 0 fully saturated rings. The number of benzene rings is 3. The predicted octanol–water partition coefficient (Wildman–Crippen LogP) is 5.18. The van der Waals surface area contributed by atoms with Gasteiger partial charge in [-0.15, -0.1) is 11.8 Å². The van der Waals surface area contributed by atoms with E-state index in [1.165, 1.54) is 0 Å². The molecular weight excluding hydrogens is 326 g/mol. The number of hydrogen-bond donors (Lipinski definition) is 0. The van der Waals surface area contributed by atoms with Gasteiger partial charge in [0.25, 0.3) is 0 Å². The van der Waals surface area contributed by atoms with Crippen LogP contribution in [0.4, 0.5) is 0 Å². The van der Waals surface area contributed by atoms with Crippen LogP contribution in [0.1, 0.15) is 16.4 Å². The lowest BCUT2D eigenvalue weighted by molar-refractivity contribution is -0.129. The highest BCUT2D eigenvalue weighted by Crippen LogP contribution is 2.36. The van der Waals surface area contributed by atoms with Gasteiger partial charge in [0.2, 0.25) is 5.91 Å². The summed E-state index contributed by atoms with van der Waals surface area (Å²) in [6.07, 6.45) is 0. The van der Waals surface area contributed by atoms with Crippen LogP contribution in [-0.4, -0.2) is 17.9 Å². The summed E-state index contributed by atoms with van der Waals surface area (Å²) in [5, 5.41) is -0.252. The van der Waals surface area contributed by atoms with Crippen LogP contribution in [0.15, 0.2) is 95.9 Å². The number of nitrogens with zero attached hydrogens (tertiary/aromatic N) is 1. The zero-order valence-corrected chi connectivity index (χ0v) is 15.0. The maximum atomic E-state index is 13.2. The molecular formula is C22H21NOS. The topological polar surface area (TPSA) is 20.3 Å². The quantitative estimate of drug-likeness (QED) is 0.573. The van der Waals surface area contributed by atoms with Crippen LogP contribution in [0, 0.1) is 0 Å². The Kier molecular flexibility index (Phi) is 5.91. The molecule has 25 heavy (non-hydrogen) atoms. The lowest BCUT2D eigenvalue weighted by atomic mass is 10.1. The van der Waals surface area contributed by atoms with Crippen molar-refractivity contribution in [3.8, 4) is 0 Å². The van der Waals surface area contributed by atoms with Gasteiger partial charge in [-0.2, -0.15) is 0 Å². The molecule has 0 aliphatic carbocycles. The Balaban J connectivity index is 1.81. The lowest BCUT2D eigenvalue weighted by Crippen LogP contribution is -2.30. The van der Waals surface area contributed by atoms with Gasteiger partial charge in [0.1, 0.15) is 5.25 Å². The molecule has 1 unspecified atom stereocenters. The largest absolute Gasteiger partial charge is 0.340 e. The third-order valence-electron chi connectivity index (χ3n) is 3.96. The lowest BCUT2D eigenvalue weighted by Gasteiger charge is -2.24. The SMILES string of the molecule is CN(Cc1ccccc1)C(=O)C(Sc1ccccc1)c1ccccc1. The van der Waals surface area contributed by atoms with Gasteiger partial charge in [-0.1, -0.05) is 78.9 Å². The smallest absolute Gasteiger partial charge is 0.240 e. The minimum Gasteiger partial charge on any atom is -0.340 e. The molecule has 0 aromatic heterocycles. The summed E-state index contributed by atoms with van der Waals surface area (Å²) in [4.78, 5) is 16.1. The molecule has 0 radical (unpaired) electrons. The molecule has 1 atom stereocenters. The monoisotopic (exact) mass is 347 g/mol. The van der Waals surface area contributed by atoms with Crippen molar-refractivity contribution in [2.45, 2.75) is 16.7 Å². The molecule has 3 aromatic rings. The van der Waals surface area contributed by atoms with E-state index in [9.17, 15) is 4.79 Å². The van der Waals surface area contributed by atoms with Crippen molar-refractivity contribution < 1.29 is 4.79 Å². The van der Waals surface area contributed by atoms with Crippen LogP contribution < -0.4 is 0 Å². The van der Waals surface area contributed by atoms with E-state index in [0.717, 1.165) is 16.0 Å². The molecule has 3 heteroatoms. The molecule has 0 saturated carbocycles. The Hall–Kier alpha value is -2.52.